The monoisotopic (exact) mass is 659 g/mol. The van der Waals surface area contributed by atoms with Crippen LogP contribution in [0.5, 0.6) is 0 Å². The van der Waals surface area contributed by atoms with E-state index in [1.807, 2.05) is 12.3 Å². The molecule has 42 heavy (non-hydrogen) atoms. The lowest BCUT2D eigenvalue weighted by molar-refractivity contribution is -0.703. The molecule has 0 spiro atoms. The van der Waals surface area contributed by atoms with Crippen molar-refractivity contribution in [2.75, 3.05) is 0 Å². The number of halogens is 1. The molecule has 0 amide bonds. The van der Waals surface area contributed by atoms with Crippen LogP contribution in [0.25, 0.3) is 39.5 Å². The third-order valence-corrected chi connectivity index (χ3v) is 8.29. The molecule has 1 N–H and O–H groups in total. The van der Waals surface area contributed by atoms with E-state index in [9.17, 15) is 0 Å². The molecule has 0 saturated heterocycles. The van der Waals surface area contributed by atoms with Crippen molar-refractivity contribution >= 4 is 0 Å². The van der Waals surface area contributed by atoms with Crippen LogP contribution < -0.4 is 38.1 Å². The molecule has 4 heteroatoms. The molecule has 0 aliphatic carbocycles. The summed E-state index contributed by atoms with van der Waals surface area (Å²) in [5.74, 6) is 0. The number of fused-ring (bicyclic) bond motifs is 7. The first-order valence-corrected chi connectivity index (χ1v) is 14.4. The number of hydrogen-bond acceptors (Lipinski definition) is 0. The van der Waals surface area contributed by atoms with Crippen LogP contribution in [0.2, 0.25) is 0 Å². The predicted octanol–water partition coefficient (Wildman–Crippen LogP) is 4.14. The van der Waals surface area contributed by atoms with Gasteiger partial charge in [-0.2, -0.15) is 9.13 Å². The number of H-pyrrole nitrogens is 1. The molecule has 1 atom stereocenters. The summed E-state index contributed by atoms with van der Waals surface area (Å²) in [5.41, 5.74) is 14.9. The molecule has 0 fully saturated rings. The highest BCUT2D eigenvalue weighted by atomic mass is 127. The Morgan fingerprint density at radius 2 is 1.29 bits per heavy atom. The van der Waals surface area contributed by atoms with Gasteiger partial charge < -0.3 is 24.0 Å². The first kappa shape index (κ1) is 28.0. The Morgan fingerprint density at radius 3 is 2.07 bits per heavy atom. The van der Waals surface area contributed by atoms with E-state index in [-0.39, 0.29) is 30.0 Å². The lowest BCUT2D eigenvalue weighted by Gasteiger charge is -2.21. The molecule has 3 aromatic carbocycles. The van der Waals surface area contributed by atoms with E-state index in [1.54, 1.807) is 0 Å². The van der Waals surface area contributed by atoms with Crippen LogP contribution in [-0.4, -0.2) is 0 Å². The Hall–Kier alpha value is -4.16. The topological polar surface area (TPSA) is 21.9 Å². The zero-order chi connectivity index (χ0) is 27.9. The van der Waals surface area contributed by atoms with Gasteiger partial charge in [-0.25, -0.2) is 4.98 Å². The molecule has 3 aromatic heterocycles. The van der Waals surface area contributed by atoms with Gasteiger partial charge in [0.2, 0.25) is 22.8 Å². The number of nitrogens with zero attached hydrogens (tertiary/aromatic N) is 2. The molecule has 206 valence electrons. The van der Waals surface area contributed by atoms with Gasteiger partial charge in [-0.05, 0) is 74.4 Å². The van der Waals surface area contributed by atoms with Gasteiger partial charge in [0.05, 0.1) is 11.1 Å². The zero-order valence-electron chi connectivity index (χ0n) is 24.2. The highest BCUT2D eigenvalue weighted by molar-refractivity contribution is 5.69. The van der Waals surface area contributed by atoms with Crippen molar-refractivity contribution in [2.24, 2.45) is 0 Å². The zero-order valence-corrected chi connectivity index (χ0v) is 26.3. The molecular formula is C38H34IN3+2. The van der Waals surface area contributed by atoms with Gasteiger partial charge in [0, 0.05) is 54.4 Å². The third-order valence-electron chi connectivity index (χ3n) is 8.29. The number of benzene rings is 3. The lowest BCUT2D eigenvalue weighted by atomic mass is 9.87. The average Bonchev–Trinajstić information content (AvgIpc) is 3.00. The molecule has 1 aliphatic heterocycles. The van der Waals surface area contributed by atoms with Crippen LogP contribution in [0.3, 0.4) is 0 Å². The van der Waals surface area contributed by atoms with Crippen LogP contribution in [0, 0.1) is 20.8 Å². The van der Waals surface area contributed by atoms with E-state index >= 15 is 0 Å². The Labute approximate surface area is 265 Å². The molecule has 7 rings (SSSR count). The molecule has 6 aromatic rings. The fraction of sp³-hybridized carbons (Fsp3) is 0.132. The van der Waals surface area contributed by atoms with E-state index in [1.165, 1.54) is 61.6 Å². The minimum Gasteiger partial charge on any atom is -1.00 e. The summed E-state index contributed by atoms with van der Waals surface area (Å²) in [6.45, 7) is 6.57. The Morgan fingerprint density at radius 1 is 0.619 bits per heavy atom. The van der Waals surface area contributed by atoms with Gasteiger partial charge in [-0.3, -0.25) is 0 Å². The number of aryl methyl sites for hydroxylation is 3. The van der Waals surface area contributed by atoms with Gasteiger partial charge in [0.1, 0.15) is 5.56 Å². The van der Waals surface area contributed by atoms with Crippen molar-refractivity contribution in [1.29, 1.82) is 0 Å². The summed E-state index contributed by atoms with van der Waals surface area (Å²) in [6, 6.07) is 40.2. The highest BCUT2D eigenvalue weighted by Gasteiger charge is 2.35. The van der Waals surface area contributed by atoms with E-state index in [2.05, 4.69) is 150 Å². The highest BCUT2D eigenvalue weighted by Crippen LogP contribution is 2.35. The maximum absolute atomic E-state index is 3.51. The summed E-state index contributed by atoms with van der Waals surface area (Å²) in [5, 5.41) is 0. The van der Waals surface area contributed by atoms with E-state index in [0.29, 0.717) is 0 Å². The molecular weight excluding hydrogens is 625 g/mol. The maximum Gasteiger partial charge on any atom is 0.225 e. The van der Waals surface area contributed by atoms with Crippen molar-refractivity contribution in [1.82, 2.24) is 0 Å². The number of rotatable bonds is 2. The Balaban J connectivity index is 0.00000316. The molecule has 4 heterocycles. The van der Waals surface area contributed by atoms with Gasteiger partial charge in [0.15, 0.2) is 24.6 Å². The van der Waals surface area contributed by atoms with Crippen molar-refractivity contribution in [2.45, 2.75) is 33.2 Å². The standard InChI is InChI=1S/C38H33N3.HI/c1-26-13-16-30-29(22-26)25-38(33-23-27(2)14-17-31(33)34-10-4-7-19-39-34)41-21-9-6-12-36(41)32-18-15-28(3)24-37(32)40-20-8-5-11-35(30)40;/h4-24,38H,25H2,1-3H3;1H/q+2;. The SMILES string of the molecule is Cc1ccc2c(c1)CC(c1cc(C)ccc1-c1cccc[nH+]1)[n+]1ccccc1-c1ccc(C)cc1-[n+]1ccccc1-2.[I-]. The Kier molecular flexibility index (Phi) is 7.74. The largest absolute Gasteiger partial charge is 1.00 e. The Bertz CT molecular complexity index is 1910. The molecule has 1 aliphatic rings. The summed E-state index contributed by atoms with van der Waals surface area (Å²) in [6.07, 6.45) is 7.34. The van der Waals surface area contributed by atoms with Crippen LogP contribution in [0.15, 0.2) is 128 Å². The maximum atomic E-state index is 3.51. The quantitative estimate of drug-likeness (QED) is 0.197. The third kappa shape index (κ3) is 5.05. The summed E-state index contributed by atoms with van der Waals surface area (Å²) in [7, 11) is 0. The van der Waals surface area contributed by atoms with Gasteiger partial charge >= 0.3 is 0 Å². The van der Waals surface area contributed by atoms with Gasteiger partial charge in [-0.1, -0.05) is 35.4 Å². The van der Waals surface area contributed by atoms with E-state index in [4.69, 9.17) is 0 Å². The number of pyridine rings is 3. The first-order valence-electron chi connectivity index (χ1n) is 14.4. The number of aromatic amines is 1. The fourth-order valence-corrected chi connectivity index (χ4v) is 6.36. The number of nitrogens with one attached hydrogen (secondary N) is 1. The molecule has 0 radical (unpaired) electrons. The minimum atomic E-state index is 0. The van der Waals surface area contributed by atoms with Crippen LogP contribution in [0.1, 0.15) is 33.9 Å². The molecule has 3 nitrogen and oxygen atoms in total. The average molecular weight is 660 g/mol. The lowest BCUT2D eigenvalue weighted by Crippen LogP contribution is -3.00. The molecule has 0 saturated carbocycles. The molecule has 0 bridgehead atoms. The second-order valence-corrected chi connectivity index (χ2v) is 11.2. The second-order valence-electron chi connectivity index (χ2n) is 11.2. The van der Waals surface area contributed by atoms with Crippen molar-refractivity contribution in [3.05, 3.63) is 156 Å². The fourth-order valence-electron chi connectivity index (χ4n) is 6.36. The van der Waals surface area contributed by atoms with Crippen LogP contribution in [-0.2, 0) is 6.42 Å². The summed E-state index contributed by atoms with van der Waals surface area (Å²) in [4.78, 5) is 3.51. The van der Waals surface area contributed by atoms with Crippen LogP contribution >= 0.6 is 0 Å². The summed E-state index contributed by atoms with van der Waals surface area (Å²) >= 11 is 0. The van der Waals surface area contributed by atoms with Gasteiger partial charge in [0.25, 0.3) is 0 Å². The number of hydrogen-bond donors (Lipinski definition) is 0. The normalized spacial score (nSPS) is 13.5. The smallest absolute Gasteiger partial charge is 0.225 e. The van der Waals surface area contributed by atoms with Crippen LogP contribution in [0.4, 0.5) is 0 Å². The number of aromatic nitrogens is 3. The van der Waals surface area contributed by atoms with E-state index < -0.39 is 0 Å². The van der Waals surface area contributed by atoms with Gasteiger partial charge in [-0.15, -0.1) is 0 Å². The predicted molar refractivity (Wildman–Crippen MR) is 164 cm³/mol. The minimum absolute atomic E-state index is 0. The van der Waals surface area contributed by atoms with Crippen molar-refractivity contribution in [3.8, 4) is 39.5 Å². The molecule has 1 unspecified atom stereocenters. The van der Waals surface area contributed by atoms with Crippen molar-refractivity contribution in [3.63, 3.8) is 0 Å². The van der Waals surface area contributed by atoms with Crippen molar-refractivity contribution < 1.29 is 38.1 Å². The first-order chi connectivity index (χ1) is 20.1. The van der Waals surface area contributed by atoms with E-state index in [0.717, 1.165) is 12.1 Å². The second kappa shape index (κ2) is 11.6. The summed E-state index contributed by atoms with van der Waals surface area (Å²) < 4.78 is 4.86.